The van der Waals surface area contributed by atoms with Gasteiger partial charge in [0.15, 0.2) is 0 Å². The van der Waals surface area contributed by atoms with Gasteiger partial charge in [-0.1, -0.05) is 5.92 Å². The molecular weight excluding hydrogens is 180 g/mol. The van der Waals surface area contributed by atoms with E-state index in [0.717, 1.165) is 0 Å². The van der Waals surface area contributed by atoms with Crippen molar-refractivity contribution in [3.05, 3.63) is 0 Å². The number of hydrogen-bond donors (Lipinski definition) is 1. The maximum atomic E-state index is 12.0. The lowest BCUT2D eigenvalue weighted by atomic mass is 10.2. The highest BCUT2D eigenvalue weighted by atomic mass is 19.3. The summed E-state index contributed by atoms with van der Waals surface area (Å²) >= 11 is 0. The van der Waals surface area contributed by atoms with E-state index >= 15 is 0 Å². The number of carboxylic acids is 1. The van der Waals surface area contributed by atoms with Gasteiger partial charge in [-0.05, 0) is 0 Å². The predicted octanol–water partition coefficient (Wildman–Crippen LogP) is 1.36. The zero-order valence-electron chi connectivity index (χ0n) is 5.65. The molecule has 0 fully saturated rings. The SMILES string of the molecule is O=C(O)C#CCC(F)(F)C(F)F. The smallest absolute Gasteiger partial charge is 0.381 e. The monoisotopic (exact) mass is 184 g/mol. The Morgan fingerprint density at radius 1 is 1.50 bits per heavy atom. The normalized spacial score (nSPS) is 10.8. The molecule has 0 saturated carbocycles. The summed E-state index contributed by atoms with van der Waals surface area (Å²) in [5.41, 5.74) is 0. The number of alkyl halides is 4. The van der Waals surface area contributed by atoms with E-state index in [0.29, 0.717) is 0 Å². The van der Waals surface area contributed by atoms with Crippen LogP contribution < -0.4 is 0 Å². The summed E-state index contributed by atoms with van der Waals surface area (Å²) < 4.78 is 46.6. The van der Waals surface area contributed by atoms with Crippen molar-refractivity contribution in [1.29, 1.82) is 0 Å². The van der Waals surface area contributed by atoms with Crippen LogP contribution in [-0.2, 0) is 4.79 Å². The molecule has 0 aliphatic rings. The van der Waals surface area contributed by atoms with Crippen molar-refractivity contribution in [3.8, 4) is 11.8 Å². The molecule has 12 heavy (non-hydrogen) atoms. The molecule has 0 atom stereocenters. The molecule has 0 unspecified atom stereocenters. The molecule has 0 aliphatic heterocycles. The topological polar surface area (TPSA) is 37.3 Å². The van der Waals surface area contributed by atoms with Gasteiger partial charge in [-0.25, -0.2) is 13.6 Å². The molecular formula is C6H4F4O2. The van der Waals surface area contributed by atoms with E-state index in [9.17, 15) is 22.4 Å². The fourth-order valence-electron chi connectivity index (χ4n) is 0.315. The van der Waals surface area contributed by atoms with E-state index in [1.54, 1.807) is 0 Å². The second kappa shape index (κ2) is 3.95. The Bertz CT molecular complexity index is 225. The van der Waals surface area contributed by atoms with Crippen LogP contribution in [0, 0.1) is 11.8 Å². The Balaban J connectivity index is 4.11. The molecule has 0 heterocycles. The van der Waals surface area contributed by atoms with E-state index < -0.39 is 24.7 Å². The van der Waals surface area contributed by atoms with Crippen LogP contribution in [-0.4, -0.2) is 23.4 Å². The Kier molecular flexibility index (Phi) is 3.54. The Hall–Kier alpha value is -1.25. The maximum absolute atomic E-state index is 12.0. The summed E-state index contributed by atoms with van der Waals surface area (Å²) in [6.07, 6.45) is -5.27. The fourth-order valence-corrected chi connectivity index (χ4v) is 0.315. The van der Waals surface area contributed by atoms with Gasteiger partial charge in [0.2, 0.25) is 0 Å². The van der Waals surface area contributed by atoms with Crippen molar-refractivity contribution in [2.45, 2.75) is 18.8 Å². The van der Waals surface area contributed by atoms with Crippen LogP contribution in [0.25, 0.3) is 0 Å². The average Bonchev–Trinajstić information content (AvgIpc) is 1.85. The van der Waals surface area contributed by atoms with Gasteiger partial charge in [-0.3, -0.25) is 0 Å². The lowest BCUT2D eigenvalue weighted by Gasteiger charge is -2.10. The average molecular weight is 184 g/mol. The van der Waals surface area contributed by atoms with Gasteiger partial charge in [-0.2, -0.15) is 8.78 Å². The Morgan fingerprint density at radius 2 is 2.00 bits per heavy atom. The molecule has 0 saturated heterocycles. The molecule has 68 valence electrons. The Morgan fingerprint density at radius 3 is 2.33 bits per heavy atom. The van der Waals surface area contributed by atoms with Crippen molar-refractivity contribution in [3.63, 3.8) is 0 Å². The molecule has 0 aromatic rings. The number of halogens is 4. The summed E-state index contributed by atoms with van der Waals surface area (Å²) in [6, 6.07) is 0. The first-order chi connectivity index (χ1) is 5.36. The first kappa shape index (κ1) is 10.8. The van der Waals surface area contributed by atoms with Gasteiger partial charge in [-0.15, -0.1) is 0 Å². The summed E-state index contributed by atoms with van der Waals surface area (Å²) in [6.45, 7) is 0. The molecule has 0 aromatic heterocycles. The molecule has 0 aliphatic carbocycles. The molecule has 0 aromatic carbocycles. The summed E-state index contributed by atoms with van der Waals surface area (Å²) in [4.78, 5) is 9.65. The van der Waals surface area contributed by atoms with Crippen molar-refractivity contribution in [2.24, 2.45) is 0 Å². The van der Waals surface area contributed by atoms with Crippen LogP contribution in [0.2, 0.25) is 0 Å². The minimum atomic E-state index is -4.23. The fraction of sp³-hybridized carbons (Fsp3) is 0.500. The highest BCUT2D eigenvalue weighted by Gasteiger charge is 2.39. The highest BCUT2D eigenvalue weighted by molar-refractivity contribution is 5.86. The number of rotatable bonds is 2. The number of carbonyl (C=O) groups is 1. The summed E-state index contributed by atoms with van der Waals surface area (Å²) in [5, 5.41) is 7.84. The van der Waals surface area contributed by atoms with Gasteiger partial charge in [0.25, 0.3) is 0 Å². The maximum Gasteiger partial charge on any atom is 0.381 e. The van der Waals surface area contributed by atoms with Crippen LogP contribution in [0.1, 0.15) is 6.42 Å². The first-order valence-electron chi connectivity index (χ1n) is 2.74. The molecule has 0 rings (SSSR count). The molecule has 2 nitrogen and oxygen atoms in total. The number of carboxylic acid groups (broad SMARTS) is 1. The van der Waals surface area contributed by atoms with Crippen LogP contribution in [0.5, 0.6) is 0 Å². The lowest BCUT2D eigenvalue weighted by molar-refractivity contribution is -0.130. The van der Waals surface area contributed by atoms with Crippen molar-refractivity contribution in [1.82, 2.24) is 0 Å². The highest BCUT2D eigenvalue weighted by Crippen LogP contribution is 2.25. The quantitative estimate of drug-likeness (QED) is 0.519. The molecule has 0 amide bonds. The number of hydrogen-bond acceptors (Lipinski definition) is 1. The molecule has 1 N–H and O–H groups in total. The Labute approximate surface area is 65.2 Å². The molecule has 0 radical (unpaired) electrons. The third-order valence-corrected chi connectivity index (χ3v) is 0.839. The minimum absolute atomic E-state index is 1.31. The number of aliphatic carboxylic acids is 1. The predicted molar refractivity (Wildman–Crippen MR) is 31.0 cm³/mol. The van der Waals surface area contributed by atoms with Gasteiger partial charge < -0.3 is 5.11 Å². The van der Waals surface area contributed by atoms with Crippen molar-refractivity contribution >= 4 is 5.97 Å². The lowest BCUT2D eigenvalue weighted by Crippen LogP contribution is -2.25. The zero-order valence-corrected chi connectivity index (χ0v) is 5.65. The van der Waals surface area contributed by atoms with Gasteiger partial charge >= 0.3 is 18.3 Å². The second-order valence-corrected chi connectivity index (χ2v) is 1.85. The van der Waals surface area contributed by atoms with Gasteiger partial charge in [0.05, 0.1) is 6.42 Å². The van der Waals surface area contributed by atoms with E-state index in [2.05, 4.69) is 0 Å². The van der Waals surface area contributed by atoms with E-state index in [-0.39, 0.29) is 0 Å². The van der Waals surface area contributed by atoms with Crippen LogP contribution in [0.15, 0.2) is 0 Å². The largest absolute Gasteiger partial charge is 0.472 e. The molecule has 0 spiro atoms. The third kappa shape index (κ3) is 3.81. The van der Waals surface area contributed by atoms with E-state index in [1.807, 2.05) is 0 Å². The van der Waals surface area contributed by atoms with Crippen LogP contribution >= 0.6 is 0 Å². The third-order valence-electron chi connectivity index (χ3n) is 0.839. The van der Waals surface area contributed by atoms with Crippen LogP contribution in [0.3, 0.4) is 0 Å². The van der Waals surface area contributed by atoms with E-state index in [4.69, 9.17) is 5.11 Å². The molecule has 0 bridgehead atoms. The first-order valence-corrected chi connectivity index (χ1v) is 2.74. The second-order valence-electron chi connectivity index (χ2n) is 1.85. The molecule has 6 heteroatoms. The summed E-state index contributed by atoms with van der Waals surface area (Å²) in [5.74, 6) is -3.12. The van der Waals surface area contributed by atoms with Crippen molar-refractivity contribution < 1.29 is 27.5 Å². The standard InChI is InChI=1S/C6H4F4O2/c7-5(8)6(9,10)3-1-2-4(11)12/h5H,3H2,(H,11,12). The summed E-state index contributed by atoms with van der Waals surface area (Å²) in [7, 11) is 0. The zero-order chi connectivity index (χ0) is 9.78. The van der Waals surface area contributed by atoms with Gasteiger partial charge in [0.1, 0.15) is 0 Å². The van der Waals surface area contributed by atoms with Crippen molar-refractivity contribution in [2.75, 3.05) is 0 Å². The minimum Gasteiger partial charge on any atom is -0.472 e. The van der Waals surface area contributed by atoms with E-state index in [1.165, 1.54) is 11.8 Å². The van der Waals surface area contributed by atoms with Crippen LogP contribution in [0.4, 0.5) is 17.6 Å². The van der Waals surface area contributed by atoms with Gasteiger partial charge in [0, 0.05) is 5.92 Å².